The Bertz CT molecular complexity index is 849. The lowest BCUT2D eigenvalue weighted by Gasteiger charge is -2.19. The van der Waals surface area contributed by atoms with Gasteiger partial charge in [-0.1, -0.05) is 37.3 Å². The summed E-state index contributed by atoms with van der Waals surface area (Å²) in [5.74, 6) is 6.62. The van der Waals surface area contributed by atoms with E-state index in [-0.39, 0.29) is 29.8 Å². The Morgan fingerprint density at radius 1 is 1.42 bits per heavy atom. The molecular formula is C26H34O5. The van der Waals surface area contributed by atoms with Crippen LogP contribution in [0.15, 0.2) is 30.4 Å². The van der Waals surface area contributed by atoms with E-state index in [2.05, 4.69) is 17.9 Å². The fourth-order valence-electron chi connectivity index (χ4n) is 4.64. The molecule has 1 aromatic carbocycles. The molecule has 1 aliphatic heterocycles. The van der Waals surface area contributed by atoms with Gasteiger partial charge in [0.15, 0.2) is 0 Å². The number of aliphatic hydroxyl groups excluding tert-OH is 2. The van der Waals surface area contributed by atoms with Crippen LogP contribution in [0.25, 0.3) is 0 Å². The molecule has 1 fully saturated rings. The summed E-state index contributed by atoms with van der Waals surface area (Å²) in [6, 6.07) is 6.15. The second kappa shape index (κ2) is 10.8. The van der Waals surface area contributed by atoms with Gasteiger partial charge in [-0.15, -0.1) is 11.8 Å². The molecule has 1 aromatic rings. The Morgan fingerprint density at radius 2 is 2.23 bits per heavy atom. The van der Waals surface area contributed by atoms with Crippen LogP contribution in [0.3, 0.4) is 0 Å². The minimum Gasteiger partial charge on any atom is -0.489 e. The van der Waals surface area contributed by atoms with Crippen LogP contribution in [0.4, 0.5) is 0 Å². The van der Waals surface area contributed by atoms with Crippen molar-refractivity contribution in [3.05, 3.63) is 41.5 Å². The summed E-state index contributed by atoms with van der Waals surface area (Å²) in [5.41, 5.74) is 2.21. The van der Waals surface area contributed by atoms with E-state index in [1.165, 1.54) is 0 Å². The van der Waals surface area contributed by atoms with Crippen molar-refractivity contribution >= 4 is 5.97 Å². The zero-order valence-corrected chi connectivity index (χ0v) is 18.7. The summed E-state index contributed by atoms with van der Waals surface area (Å²) >= 11 is 0. The van der Waals surface area contributed by atoms with Crippen LogP contribution in [0.2, 0.25) is 0 Å². The van der Waals surface area contributed by atoms with Gasteiger partial charge in [-0.2, -0.15) is 0 Å². The maximum atomic E-state index is 11.6. The van der Waals surface area contributed by atoms with Crippen molar-refractivity contribution in [3.63, 3.8) is 0 Å². The lowest BCUT2D eigenvalue weighted by atomic mass is 9.86. The highest BCUT2D eigenvalue weighted by atomic mass is 16.5. The van der Waals surface area contributed by atoms with E-state index < -0.39 is 12.2 Å². The number of rotatable bonds is 9. The second-order valence-corrected chi connectivity index (χ2v) is 8.54. The highest BCUT2D eigenvalue weighted by molar-refractivity contribution is 5.69. The second-order valence-electron chi connectivity index (χ2n) is 8.54. The molecule has 2 N–H and O–H groups in total. The molecule has 1 aliphatic carbocycles. The van der Waals surface area contributed by atoms with E-state index in [1.54, 1.807) is 13.0 Å². The maximum Gasteiger partial charge on any atom is 0.305 e. The van der Waals surface area contributed by atoms with Gasteiger partial charge in [0.05, 0.1) is 18.8 Å². The third-order valence-electron chi connectivity index (χ3n) is 6.34. The van der Waals surface area contributed by atoms with Gasteiger partial charge >= 0.3 is 5.97 Å². The topological polar surface area (TPSA) is 76.0 Å². The minimum absolute atomic E-state index is 0.0381. The van der Waals surface area contributed by atoms with E-state index >= 15 is 0 Å². The molecule has 0 unspecified atom stereocenters. The number of para-hydroxylation sites is 1. The Morgan fingerprint density at radius 3 is 2.97 bits per heavy atom. The molecule has 1 saturated carbocycles. The summed E-state index contributed by atoms with van der Waals surface area (Å²) in [4.78, 5) is 11.6. The Hall–Kier alpha value is -2.29. The van der Waals surface area contributed by atoms with Gasteiger partial charge in [-0.05, 0) is 38.2 Å². The minimum atomic E-state index is -0.594. The fraction of sp³-hybridized carbons (Fsp3) is 0.577. The van der Waals surface area contributed by atoms with Crippen molar-refractivity contribution in [1.82, 2.24) is 0 Å². The quantitative estimate of drug-likeness (QED) is 0.357. The number of benzene rings is 1. The zero-order valence-electron chi connectivity index (χ0n) is 18.7. The lowest BCUT2D eigenvalue weighted by molar-refractivity contribution is -0.143. The number of hydrogen-bond acceptors (Lipinski definition) is 5. The van der Waals surface area contributed by atoms with Gasteiger partial charge in [-0.25, -0.2) is 0 Å². The first kappa shape index (κ1) is 23.4. The molecular weight excluding hydrogens is 392 g/mol. The van der Waals surface area contributed by atoms with E-state index in [9.17, 15) is 15.0 Å². The first-order chi connectivity index (χ1) is 15.0. The standard InChI is InChI=1S/C26H34O5/c1-4-6-9-17(3)21(27)15-14-19-22(28)16-23-25(19)20-12-7-10-18(26(20)31-23)11-8-13-24(29)30-5-2/h7,10,12,14-15,17,19,21-23,25,27-28H,5,8-9,11,13,16H2,1-3H3/b15-14+/t17-,19+,21-,22-,23+,25+/m1/s1. The maximum absolute atomic E-state index is 11.6. The normalized spacial score (nSPS) is 25.8. The van der Waals surface area contributed by atoms with Crippen molar-refractivity contribution in [2.75, 3.05) is 6.61 Å². The van der Waals surface area contributed by atoms with Gasteiger partial charge in [0.25, 0.3) is 0 Å². The number of carbonyl (C=O) groups is 1. The van der Waals surface area contributed by atoms with Gasteiger partial charge in [0.2, 0.25) is 0 Å². The molecule has 2 aliphatic rings. The summed E-state index contributed by atoms with van der Waals surface area (Å²) in [6.07, 6.45) is 5.68. The van der Waals surface area contributed by atoms with Crippen LogP contribution in [0, 0.1) is 23.7 Å². The van der Waals surface area contributed by atoms with Crippen LogP contribution in [-0.2, 0) is 16.0 Å². The number of ether oxygens (including phenoxy) is 2. The van der Waals surface area contributed by atoms with E-state index in [1.807, 2.05) is 32.1 Å². The molecule has 0 spiro atoms. The predicted molar refractivity (Wildman–Crippen MR) is 120 cm³/mol. The van der Waals surface area contributed by atoms with Gasteiger partial charge < -0.3 is 19.7 Å². The molecule has 0 radical (unpaired) electrons. The third kappa shape index (κ3) is 5.50. The fourth-order valence-corrected chi connectivity index (χ4v) is 4.64. The molecule has 0 aromatic heterocycles. The summed E-state index contributed by atoms with van der Waals surface area (Å²) in [5, 5.41) is 21.1. The number of aliphatic hydroxyl groups is 2. The molecule has 168 valence electrons. The number of aryl methyl sites for hydroxylation is 1. The van der Waals surface area contributed by atoms with Crippen LogP contribution in [-0.4, -0.2) is 41.1 Å². The summed E-state index contributed by atoms with van der Waals surface area (Å²) < 4.78 is 11.3. The average molecular weight is 427 g/mol. The highest BCUT2D eigenvalue weighted by Gasteiger charge is 2.48. The first-order valence-corrected chi connectivity index (χ1v) is 11.3. The monoisotopic (exact) mass is 426 g/mol. The Labute approximate surface area is 185 Å². The predicted octanol–water partition coefficient (Wildman–Crippen LogP) is 3.76. The van der Waals surface area contributed by atoms with Crippen LogP contribution >= 0.6 is 0 Å². The molecule has 5 nitrogen and oxygen atoms in total. The number of hydrogen-bond donors (Lipinski definition) is 2. The molecule has 3 rings (SSSR count). The average Bonchev–Trinajstić information content (AvgIpc) is 3.25. The highest BCUT2D eigenvalue weighted by Crippen LogP contribution is 2.52. The largest absolute Gasteiger partial charge is 0.489 e. The number of fused-ring (bicyclic) bond motifs is 3. The van der Waals surface area contributed by atoms with Gasteiger partial charge in [0.1, 0.15) is 11.9 Å². The van der Waals surface area contributed by atoms with Crippen LogP contribution in [0.1, 0.15) is 63.5 Å². The van der Waals surface area contributed by atoms with Crippen molar-refractivity contribution in [2.45, 2.75) is 77.1 Å². The molecule has 0 saturated heterocycles. The molecule has 1 heterocycles. The van der Waals surface area contributed by atoms with Crippen molar-refractivity contribution < 1.29 is 24.5 Å². The van der Waals surface area contributed by atoms with Gasteiger partial charge in [-0.3, -0.25) is 4.79 Å². The number of carbonyl (C=O) groups excluding carboxylic acids is 1. The molecule has 6 atom stereocenters. The van der Waals surface area contributed by atoms with Crippen molar-refractivity contribution in [2.24, 2.45) is 11.8 Å². The van der Waals surface area contributed by atoms with E-state index in [0.29, 0.717) is 32.3 Å². The summed E-state index contributed by atoms with van der Waals surface area (Å²) in [6.45, 7) is 5.99. The van der Waals surface area contributed by atoms with Crippen molar-refractivity contribution in [3.8, 4) is 17.6 Å². The van der Waals surface area contributed by atoms with Crippen molar-refractivity contribution in [1.29, 1.82) is 0 Å². The SMILES string of the molecule is CC#CC[C@@H](C)[C@H](O)/C=C/[C@@H]1[C@H]2c3cccc(CCCC(=O)OCC)c3O[C@H]2C[C@H]1O. The smallest absolute Gasteiger partial charge is 0.305 e. The Kier molecular flexibility index (Phi) is 8.17. The number of esters is 1. The lowest BCUT2D eigenvalue weighted by Crippen LogP contribution is -2.19. The molecule has 31 heavy (non-hydrogen) atoms. The molecule has 0 amide bonds. The Balaban J connectivity index is 1.70. The van der Waals surface area contributed by atoms with E-state index in [0.717, 1.165) is 23.3 Å². The first-order valence-electron chi connectivity index (χ1n) is 11.3. The van der Waals surface area contributed by atoms with Crippen LogP contribution in [0.5, 0.6) is 5.75 Å². The van der Waals surface area contributed by atoms with Gasteiger partial charge in [0, 0.05) is 36.7 Å². The summed E-state index contributed by atoms with van der Waals surface area (Å²) in [7, 11) is 0. The van der Waals surface area contributed by atoms with Crippen LogP contribution < -0.4 is 4.74 Å². The third-order valence-corrected chi connectivity index (χ3v) is 6.34. The van der Waals surface area contributed by atoms with E-state index in [4.69, 9.17) is 9.47 Å². The molecule has 5 heteroatoms. The zero-order chi connectivity index (χ0) is 22.4. The molecule has 0 bridgehead atoms.